The van der Waals surface area contributed by atoms with E-state index in [1.165, 1.54) is 26.2 Å². The van der Waals surface area contributed by atoms with E-state index < -0.39 is 16.0 Å². The Bertz CT molecular complexity index is 561. The first-order valence-corrected chi connectivity index (χ1v) is 6.56. The second kappa shape index (κ2) is 5.63. The summed E-state index contributed by atoms with van der Waals surface area (Å²) in [6.07, 6.45) is 0. The van der Waals surface area contributed by atoms with Crippen molar-refractivity contribution in [3.8, 4) is 0 Å². The molecule has 0 amide bonds. The quantitative estimate of drug-likeness (QED) is 0.498. The molecule has 18 heavy (non-hydrogen) atoms. The first-order chi connectivity index (χ1) is 8.36. The highest BCUT2D eigenvalue weighted by molar-refractivity contribution is 7.89. The Morgan fingerprint density at radius 3 is 2.33 bits per heavy atom. The maximum absolute atomic E-state index is 11.8. The Hall–Kier alpha value is -1.89. The van der Waals surface area contributed by atoms with E-state index in [4.69, 9.17) is 0 Å². The fraction of sp³-hybridized carbons (Fsp3) is 0.273. The Kier molecular flexibility index (Phi) is 4.43. The van der Waals surface area contributed by atoms with Crippen molar-refractivity contribution in [3.63, 3.8) is 0 Å². The number of sulfonamides is 1. The predicted molar refractivity (Wildman–Crippen MR) is 66.6 cm³/mol. The van der Waals surface area contributed by atoms with E-state index in [9.17, 15) is 13.2 Å². The minimum Gasteiger partial charge on any atom is -0.464 e. The molecule has 0 spiro atoms. The van der Waals surface area contributed by atoms with Gasteiger partial charge in [0, 0.05) is 0 Å². The monoisotopic (exact) mass is 270 g/mol. The molecule has 1 rings (SSSR count). The normalized spacial score (nSPS) is 12.1. The summed E-state index contributed by atoms with van der Waals surface area (Å²) < 4.78 is 28.0. The van der Waals surface area contributed by atoms with Crippen molar-refractivity contribution in [2.45, 2.75) is 18.7 Å². The summed E-state index contributed by atoms with van der Waals surface area (Å²) in [5.74, 6) is -0.693. The second-order valence-corrected chi connectivity index (χ2v) is 5.26. The third kappa shape index (κ3) is 3.56. The molecule has 0 heterocycles. The third-order valence-electron chi connectivity index (χ3n) is 2.15. The molecule has 0 aliphatic rings. The van der Waals surface area contributed by atoms with E-state index in [0.717, 1.165) is 5.56 Å². The topological polar surface area (TPSA) is 84.8 Å². The highest BCUT2D eigenvalue weighted by Crippen LogP contribution is 2.09. The number of esters is 1. The number of hydrogen-bond acceptors (Lipinski definition) is 5. The highest BCUT2D eigenvalue weighted by atomic mass is 32.2. The average molecular weight is 270 g/mol. The van der Waals surface area contributed by atoms with Crippen LogP contribution in [-0.4, -0.2) is 27.2 Å². The molecule has 0 aliphatic heterocycles. The van der Waals surface area contributed by atoms with Gasteiger partial charge in [0.25, 0.3) is 10.0 Å². The number of nitrogens with one attached hydrogen (secondary N) is 1. The van der Waals surface area contributed by atoms with Gasteiger partial charge in [0.2, 0.25) is 0 Å². The van der Waals surface area contributed by atoms with Gasteiger partial charge in [0.15, 0.2) is 0 Å². The molecule has 0 fully saturated rings. The van der Waals surface area contributed by atoms with Crippen molar-refractivity contribution in [2.75, 3.05) is 7.11 Å². The summed E-state index contributed by atoms with van der Waals surface area (Å²) in [7, 11) is -2.57. The van der Waals surface area contributed by atoms with Crippen LogP contribution >= 0.6 is 0 Å². The number of benzene rings is 1. The zero-order chi connectivity index (χ0) is 13.8. The van der Waals surface area contributed by atoms with E-state index >= 15 is 0 Å². The van der Waals surface area contributed by atoms with Crippen LogP contribution in [0.5, 0.6) is 0 Å². The van der Waals surface area contributed by atoms with Crippen molar-refractivity contribution in [1.82, 2.24) is 4.83 Å². The fourth-order valence-electron chi connectivity index (χ4n) is 1.09. The molecule has 0 radical (unpaired) electrons. The highest BCUT2D eigenvalue weighted by Gasteiger charge is 2.13. The fourth-order valence-corrected chi connectivity index (χ4v) is 1.95. The molecule has 6 nitrogen and oxygen atoms in total. The van der Waals surface area contributed by atoms with E-state index in [1.807, 2.05) is 11.8 Å². The summed E-state index contributed by atoms with van der Waals surface area (Å²) in [6, 6.07) is 6.26. The van der Waals surface area contributed by atoms with Gasteiger partial charge in [-0.1, -0.05) is 17.7 Å². The molecule has 0 bridgehead atoms. The molecule has 0 unspecified atom stereocenters. The summed E-state index contributed by atoms with van der Waals surface area (Å²) in [4.78, 5) is 13.1. The van der Waals surface area contributed by atoms with Crippen LogP contribution in [0, 0.1) is 6.92 Å². The van der Waals surface area contributed by atoms with E-state index in [-0.39, 0.29) is 10.6 Å². The van der Waals surface area contributed by atoms with Crippen LogP contribution in [-0.2, 0) is 19.6 Å². The van der Waals surface area contributed by atoms with Gasteiger partial charge in [0.05, 0.1) is 12.0 Å². The zero-order valence-corrected chi connectivity index (χ0v) is 11.1. The number of carbonyl (C=O) groups excluding carboxylic acids is 1. The number of nitrogens with zero attached hydrogens (tertiary/aromatic N) is 1. The van der Waals surface area contributed by atoms with Crippen LogP contribution in [0.3, 0.4) is 0 Å². The number of rotatable bonds is 4. The van der Waals surface area contributed by atoms with Gasteiger partial charge in [-0.25, -0.2) is 4.79 Å². The Labute approximate surface area is 106 Å². The lowest BCUT2D eigenvalue weighted by molar-refractivity contribution is -0.132. The Balaban J connectivity index is 2.90. The summed E-state index contributed by atoms with van der Waals surface area (Å²) in [5.41, 5.74) is 0.872. The summed E-state index contributed by atoms with van der Waals surface area (Å²) in [6.45, 7) is 3.20. The van der Waals surface area contributed by atoms with Gasteiger partial charge >= 0.3 is 5.97 Å². The largest absolute Gasteiger partial charge is 0.464 e. The molecule has 0 saturated carbocycles. The molecule has 1 aromatic rings. The Morgan fingerprint density at radius 1 is 1.28 bits per heavy atom. The SMILES string of the molecule is COC(=O)/C(C)=N\NS(=O)(=O)c1ccc(C)cc1. The van der Waals surface area contributed by atoms with Gasteiger partial charge in [-0.3, -0.25) is 0 Å². The molecule has 0 aliphatic carbocycles. The van der Waals surface area contributed by atoms with Crippen LogP contribution in [0.25, 0.3) is 0 Å². The van der Waals surface area contributed by atoms with E-state index in [1.54, 1.807) is 12.1 Å². The second-order valence-electron chi connectivity index (χ2n) is 3.60. The average Bonchev–Trinajstić information content (AvgIpc) is 2.35. The lowest BCUT2D eigenvalue weighted by Gasteiger charge is -2.04. The minimum absolute atomic E-state index is 0.0758. The zero-order valence-electron chi connectivity index (χ0n) is 10.3. The maximum Gasteiger partial charge on any atom is 0.353 e. The van der Waals surface area contributed by atoms with Gasteiger partial charge in [-0.15, -0.1) is 0 Å². The van der Waals surface area contributed by atoms with Crippen molar-refractivity contribution in [1.29, 1.82) is 0 Å². The number of ether oxygens (including phenoxy) is 1. The molecule has 1 aromatic carbocycles. The van der Waals surface area contributed by atoms with Crippen molar-refractivity contribution in [3.05, 3.63) is 29.8 Å². The van der Waals surface area contributed by atoms with Gasteiger partial charge in [-0.2, -0.15) is 18.4 Å². The molecular weight excluding hydrogens is 256 g/mol. The predicted octanol–water partition coefficient (Wildman–Crippen LogP) is 0.822. The molecule has 98 valence electrons. The van der Waals surface area contributed by atoms with Crippen molar-refractivity contribution in [2.24, 2.45) is 5.10 Å². The van der Waals surface area contributed by atoms with Crippen LogP contribution in [0.15, 0.2) is 34.3 Å². The van der Waals surface area contributed by atoms with Gasteiger partial charge < -0.3 is 4.74 Å². The minimum atomic E-state index is -3.76. The molecular formula is C11H14N2O4S. The number of methoxy groups -OCH3 is 1. The van der Waals surface area contributed by atoms with Crippen LogP contribution in [0.4, 0.5) is 0 Å². The van der Waals surface area contributed by atoms with Crippen molar-refractivity contribution >= 4 is 21.7 Å². The van der Waals surface area contributed by atoms with Crippen LogP contribution in [0.1, 0.15) is 12.5 Å². The molecule has 7 heteroatoms. The van der Waals surface area contributed by atoms with Crippen LogP contribution < -0.4 is 4.83 Å². The first-order valence-electron chi connectivity index (χ1n) is 5.08. The number of aryl methyl sites for hydroxylation is 1. The maximum atomic E-state index is 11.8. The van der Waals surface area contributed by atoms with E-state index in [2.05, 4.69) is 9.84 Å². The van der Waals surface area contributed by atoms with Crippen LogP contribution in [0.2, 0.25) is 0 Å². The molecule has 0 aromatic heterocycles. The standard InChI is InChI=1S/C11H14N2O4S/c1-8-4-6-10(7-5-8)18(15,16)13-12-9(2)11(14)17-3/h4-7,13H,1-3H3/b12-9-. The van der Waals surface area contributed by atoms with Gasteiger partial charge in [0.1, 0.15) is 5.71 Å². The lowest BCUT2D eigenvalue weighted by Crippen LogP contribution is -2.22. The third-order valence-corrected chi connectivity index (χ3v) is 3.37. The molecule has 0 atom stereocenters. The summed E-state index contributed by atoms with van der Waals surface area (Å²) in [5, 5.41) is 3.47. The molecule has 0 saturated heterocycles. The lowest BCUT2D eigenvalue weighted by atomic mass is 10.2. The summed E-state index contributed by atoms with van der Waals surface area (Å²) >= 11 is 0. The Morgan fingerprint density at radius 2 is 1.83 bits per heavy atom. The number of carbonyl (C=O) groups is 1. The first kappa shape index (κ1) is 14.2. The van der Waals surface area contributed by atoms with Crippen molar-refractivity contribution < 1.29 is 17.9 Å². The van der Waals surface area contributed by atoms with Gasteiger partial charge in [-0.05, 0) is 26.0 Å². The van der Waals surface area contributed by atoms with E-state index in [0.29, 0.717) is 0 Å². The smallest absolute Gasteiger partial charge is 0.353 e. The number of hydrogen-bond donors (Lipinski definition) is 1. The number of hydrazone groups is 1. The molecule has 1 N–H and O–H groups in total.